The van der Waals surface area contributed by atoms with E-state index >= 15 is 0 Å². The highest BCUT2D eigenvalue weighted by Crippen LogP contribution is 2.37. The fourth-order valence-electron chi connectivity index (χ4n) is 4.86. The average molecular weight is 544 g/mol. The van der Waals surface area contributed by atoms with E-state index in [0.29, 0.717) is 18.7 Å². The standard InChI is InChI=1S/C27H32F6N4O/c1-16-9-17(2)23(18(3)10-16)37-8-7-36(15-37)22(25(4,5)6)14-34-24(38)35-21-12-19(26(28,29)30)11-20(13-21)27(31,32)33/h9-13,15,22H,7-8,14H2,1-6H3,(H-,34,35,38)/p+1/t22-/m1/s1. The SMILES string of the molecule is Cc1cc(C)c(N2C=[N+]([C@H](CNC(=O)Nc3cc(C(F)(F)F)cc(C(F)(F)F)c3)C(C)(C)C)CC2)c(C)c1. The largest absolute Gasteiger partial charge is 0.416 e. The molecule has 0 saturated carbocycles. The summed E-state index contributed by atoms with van der Waals surface area (Å²) < 4.78 is 81.0. The van der Waals surface area contributed by atoms with Gasteiger partial charge in [0.15, 0.2) is 0 Å². The van der Waals surface area contributed by atoms with Crippen molar-refractivity contribution in [2.24, 2.45) is 5.41 Å². The van der Waals surface area contributed by atoms with E-state index in [0.717, 1.165) is 23.4 Å². The summed E-state index contributed by atoms with van der Waals surface area (Å²) in [5.41, 5.74) is 0.673. The van der Waals surface area contributed by atoms with E-state index in [2.05, 4.69) is 46.1 Å². The molecule has 11 heteroatoms. The average Bonchev–Trinajstić information content (AvgIpc) is 3.19. The molecule has 3 rings (SSSR count). The van der Waals surface area contributed by atoms with Gasteiger partial charge in [-0.25, -0.2) is 9.69 Å². The van der Waals surface area contributed by atoms with Crippen molar-refractivity contribution in [3.05, 3.63) is 58.1 Å². The van der Waals surface area contributed by atoms with E-state index in [1.54, 1.807) is 0 Å². The Balaban J connectivity index is 1.78. The number of rotatable bonds is 5. The van der Waals surface area contributed by atoms with E-state index in [1.807, 2.05) is 34.0 Å². The summed E-state index contributed by atoms with van der Waals surface area (Å²) in [6.07, 6.45) is -8.00. The molecule has 0 aromatic heterocycles. The predicted molar refractivity (Wildman–Crippen MR) is 136 cm³/mol. The number of aryl methyl sites for hydroxylation is 3. The van der Waals surface area contributed by atoms with Crippen LogP contribution >= 0.6 is 0 Å². The third-order valence-electron chi connectivity index (χ3n) is 6.51. The molecule has 0 unspecified atom stereocenters. The first-order valence-electron chi connectivity index (χ1n) is 12.2. The number of alkyl halides is 6. The van der Waals surface area contributed by atoms with Crippen molar-refractivity contribution in [1.29, 1.82) is 0 Å². The van der Waals surface area contributed by atoms with E-state index in [1.165, 1.54) is 5.56 Å². The molecule has 0 aliphatic carbocycles. The predicted octanol–water partition coefficient (Wildman–Crippen LogP) is 6.75. The molecule has 2 amide bonds. The third kappa shape index (κ3) is 6.99. The molecule has 0 radical (unpaired) electrons. The number of anilines is 2. The number of nitrogens with one attached hydrogen (secondary N) is 2. The van der Waals surface area contributed by atoms with Gasteiger partial charge in [-0.1, -0.05) is 38.5 Å². The number of halogens is 6. The number of urea groups is 1. The molecule has 1 aliphatic rings. The summed E-state index contributed by atoms with van der Waals surface area (Å²) in [6.45, 7) is 13.7. The Morgan fingerprint density at radius 3 is 1.92 bits per heavy atom. The molecule has 0 spiro atoms. The van der Waals surface area contributed by atoms with Crippen LogP contribution in [0.1, 0.15) is 48.6 Å². The molecule has 1 aliphatic heterocycles. The molecular weight excluding hydrogens is 510 g/mol. The van der Waals surface area contributed by atoms with Gasteiger partial charge in [0.1, 0.15) is 24.8 Å². The van der Waals surface area contributed by atoms with Crippen molar-refractivity contribution in [3.8, 4) is 0 Å². The molecular formula is C27H33F6N4O+. The highest BCUT2D eigenvalue weighted by Gasteiger charge is 2.38. The van der Waals surface area contributed by atoms with Crippen LogP contribution in [-0.2, 0) is 12.4 Å². The van der Waals surface area contributed by atoms with Crippen molar-refractivity contribution >= 4 is 23.7 Å². The number of benzene rings is 2. The number of carbonyl (C=O) groups excluding carboxylic acids is 1. The molecule has 208 valence electrons. The van der Waals surface area contributed by atoms with Gasteiger partial charge in [-0.2, -0.15) is 26.3 Å². The van der Waals surface area contributed by atoms with Crippen LogP contribution in [0.4, 0.5) is 42.5 Å². The first kappa shape index (κ1) is 29.3. The summed E-state index contributed by atoms with van der Waals surface area (Å²) >= 11 is 0. The van der Waals surface area contributed by atoms with E-state index in [9.17, 15) is 31.1 Å². The first-order valence-corrected chi connectivity index (χ1v) is 12.2. The van der Waals surface area contributed by atoms with E-state index in [4.69, 9.17) is 0 Å². The molecule has 0 fully saturated rings. The maximum atomic E-state index is 13.1. The minimum Gasteiger partial charge on any atom is -0.334 e. The zero-order valence-electron chi connectivity index (χ0n) is 22.2. The van der Waals surface area contributed by atoms with Crippen molar-refractivity contribution < 1.29 is 35.7 Å². The van der Waals surface area contributed by atoms with Gasteiger partial charge in [0, 0.05) is 11.1 Å². The van der Waals surface area contributed by atoms with Gasteiger partial charge >= 0.3 is 18.4 Å². The van der Waals surface area contributed by atoms with Crippen molar-refractivity contribution in [3.63, 3.8) is 0 Å². The third-order valence-corrected chi connectivity index (χ3v) is 6.51. The molecule has 1 heterocycles. The van der Waals surface area contributed by atoms with Crippen LogP contribution in [0.25, 0.3) is 0 Å². The second-order valence-electron chi connectivity index (χ2n) is 10.8. The van der Waals surface area contributed by atoms with Gasteiger partial charge in [0.05, 0.1) is 17.7 Å². The molecule has 1 atom stereocenters. The second kappa shape index (κ2) is 10.5. The Bertz CT molecular complexity index is 1170. The van der Waals surface area contributed by atoms with Gasteiger partial charge in [0.25, 0.3) is 0 Å². The molecule has 5 nitrogen and oxygen atoms in total. The van der Waals surface area contributed by atoms with Crippen LogP contribution in [0.5, 0.6) is 0 Å². The van der Waals surface area contributed by atoms with Crippen LogP contribution in [0.2, 0.25) is 0 Å². The minimum atomic E-state index is -5.00. The Morgan fingerprint density at radius 2 is 1.45 bits per heavy atom. The summed E-state index contributed by atoms with van der Waals surface area (Å²) in [5.74, 6) is 0. The van der Waals surface area contributed by atoms with Crippen molar-refractivity contribution in [2.45, 2.75) is 59.9 Å². The lowest BCUT2D eigenvalue weighted by Crippen LogP contribution is -2.47. The smallest absolute Gasteiger partial charge is 0.334 e. The molecule has 2 N–H and O–H groups in total. The lowest BCUT2D eigenvalue weighted by Gasteiger charge is -2.29. The number of carbonyl (C=O) groups is 1. The highest BCUT2D eigenvalue weighted by molar-refractivity contribution is 5.89. The van der Waals surface area contributed by atoms with Crippen molar-refractivity contribution in [1.82, 2.24) is 5.32 Å². The number of hydrogen-bond acceptors (Lipinski definition) is 2. The normalized spacial score (nSPS) is 15.4. The Hall–Kier alpha value is -3.24. The van der Waals surface area contributed by atoms with E-state index in [-0.39, 0.29) is 24.1 Å². The van der Waals surface area contributed by atoms with Gasteiger partial charge in [-0.3, -0.25) is 4.58 Å². The number of hydrogen-bond donors (Lipinski definition) is 2. The number of amides is 2. The van der Waals surface area contributed by atoms with Crippen LogP contribution in [-0.4, -0.2) is 42.6 Å². The lowest BCUT2D eigenvalue weighted by atomic mass is 9.86. The van der Waals surface area contributed by atoms with Gasteiger partial charge in [-0.05, 0) is 50.1 Å². The van der Waals surface area contributed by atoms with Crippen LogP contribution in [0.3, 0.4) is 0 Å². The fraction of sp³-hybridized carbons (Fsp3) is 0.481. The zero-order valence-corrected chi connectivity index (χ0v) is 22.2. The van der Waals surface area contributed by atoms with Crippen LogP contribution in [0, 0.1) is 26.2 Å². The molecule has 2 aromatic rings. The summed E-state index contributed by atoms with van der Waals surface area (Å²) in [7, 11) is 0. The molecule has 0 bridgehead atoms. The van der Waals surface area contributed by atoms with Gasteiger partial charge in [0.2, 0.25) is 6.34 Å². The molecule has 2 aromatic carbocycles. The number of nitrogens with zero attached hydrogens (tertiary/aromatic N) is 2. The maximum absolute atomic E-state index is 13.1. The van der Waals surface area contributed by atoms with Gasteiger partial charge < -0.3 is 10.6 Å². The minimum absolute atomic E-state index is 0.0190. The van der Waals surface area contributed by atoms with E-state index < -0.39 is 35.2 Å². The Labute approximate surface area is 218 Å². The quantitative estimate of drug-likeness (QED) is 0.324. The lowest BCUT2D eigenvalue weighted by molar-refractivity contribution is -0.566. The van der Waals surface area contributed by atoms with Gasteiger partial charge in [-0.15, -0.1) is 0 Å². The fourth-order valence-corrected chi connectivity index (χ4v) is 4.86. The second-order valence-corrected chi connectivity index (χ2v) is 10.8. The first-order chi connectivity index (χ1) is 17.4. The molecule has 0 saturated heterocycles. The maximum Gasteiger partial charge on any atom is 0.416 e. The molecule has 38 heavy (non-hydrogen) atoms. The van der Waals surface area contributed by atoms with Crippen LogP contribution in [0.15, 0.2) is 30.3 Å². The summed E-state index contributed by atoms with van der Waals surface area (Å²) in [6, 6.07) is 4.12. The summed E-state index contributed by atoms with van der Waals surface area (Å²) in [4.78, 5) is 14.7. The summed E-state index contributed by atoms with van der Waals surface area (Å²) in [5, 5.41) is 4.75. The highest BCUT2D eigenvalue weighted by atomic mass is 19.4. The topological polar surface area (TPSA) is 47.4 Å². The Kier molecular flexibility index (Phi) is 8.10. The van der Waals surface area contributed by atoms with Crippen molar-refractivity contribution in [2.75, 3.05) is 29.9 Å². The zero-order chi connectivity index (χ0) is 28.6. The monoisotopic (exact) mass is 543 g/mol. The van der Waals surface area contributed by atoms with Crippen LogP contribution < -0.4 is 15.5 Å². The Morgan fingerprint density at radius 1 is 0.921 bits per heavy atom.